The number of hydrogen-bond donors (Lipinski definition) is 3. The van der Waals surface area contributed by atoms with Crippen LogP contribution in [0, 0.1) is 0 Å². The molecule has 2 atom stereocenters. The molecule has 81 heavy (non-hydrogen) atoms. The lowest BCUT2D eigenvalue weighted by molar-refractivity contribution is -0.143. The Kier molecular flexibility index (Phi) is 68.4. The molecule has 2 unspecified atom stereocenters. The van der Waals surface area contributed by atoms with E-state index in [9.17, 15) is 19.8 Å². The van der Waals surface area contributed by atoms with Gasteiger partial charge in [0.05, 0.1) is 25.4 Å². The van der Waals surface area contributed by atoms with E-state index in [1.54, 1.807) is 0 Å². The van der Waals surface area contributed by atoms with Crippen LogP contribution in [-0.4, -0.2) is 47.4 Å². The molecule has 0 fully saturated rings. The first kappa shape index (κ1) is 78.8. The quantitative estimate of drug-likeness (QED) is 0.0320. The zero-order chi connectivity index (χ0) is 58.5. The molecule has 0 aromatic heterocycles. The van der Waals surface area contributed by atoms with Gasteiger partial charge in [0.15, 0.2) is 0 Å². The number of carbonyl (C=O) groups is 2. The standard InChI is InChI=1S/C75H141NO5/c1-3-5-7-9-11-13-15-17-40-45-49-53-57-61-65-69-75(80)81-70-66-62-58-54-50-46-42-39-37-35-33-31-29-27-25-23-21-19-20-22-24-26-28-30-32-34-36-38-41-44-48-52-56-60-64-68-74(79)76-72(71-77)73(78)67-63-59-55-51-47-43-18-16-14-12-10-8-6-4-2/h11,13,17,21,23,27,29,40,72-73,77-78H,3-10,12,14-16,18-20,22,24-26,28,30-39,41-71H2,1-2H3,(H,76,79)/b13-11-,23-21-,29-27-,40-17-. The molecule has 1 amide bonds. The second-order valence-electron chi connectivity index (χ2n) is 24.9. The second kappa shape index (κ2) is 70.3. The van der Waals surface area contributed by atoms with Gasteiger partial charge in [-0.05, 0) is 89.9 Å². The molecule has 0 heterocycles. The van der Waals surface area contributed by atoms with Crippen LogP contribution in [0.15, 0.2) is 48.6 Å². The summed E-state index contributed by atoms with van der Waals surface area (Å²) < 4.78 is 5.48. The third-order valence-electron chi connectivity index (χ3n) is 16.9. The molecule has 3 N–H and O–H groups in total. The molecule has 0 rings (SSSR count). The second-order valence-corrected chi connectivity index (χ2v) is 24.9. The van der Waals surface area contributed by atoms with Gasteiger partial charge in [0.1, 0.15) is 0 Å². The van der Waals surface area contributed by atoms with Crippen molar-refractivity contribution in [2.75, 3.05) is 13.2 Å². The summed E-state index contributed by atoms with van der Waals surface area (Å²) in [7, 11) is 0. The average molecular weight is 1140 g/mol. The number of allylic oxidation sites excluding steroid dienone is 8. The summed E-state index contributed by atoms with van der Waals surface area (Å²) in [6.45, 7) is 4.94. The predicted octanol–water partition coefficient (Wildman–Crippen LogP) is 23.6. The number of amides is 1. The summed E-state index contributed by atoms with van der Waals surface area (Å²) >= 11 is 0. The fourth-order valence-electron chi connectivity index (χ4n) is 11.3. The molecule has 0 saturated carbocycles. The van der Waals surface area contributed by atoms with Crippen LogP contribution >= 0.6 is 0 Å². The minimum absolute atomic E-state index is 0.00282. The van der Waals surface area contributed by atoms with Gasteiger partial charge in [-0.3, -0.25) is 9.59 Å². The fraction of sp³-hybridized carbons (Fsp3) is 0.867. The molecule has 0 aromatic carbocycles. The van der Waals surface area contributed by atoms with Gasteiger partial charge in [0, 0.05) is 12.8 Å². The van der Waals surface area contributed by atoms with E-state index in [2.05, 4.69) is 67.8 Å². The average Bonchev–Trinajstić information content (AvgIpc) is 3.47. The first-order valence-corrected chi connectivity index (χ1v) is 36.4. The largest absolute Gasteiger partial charge is 0.466 e. The summed E-state index contributed by atoms with van der Waals surface area (Å²) in [4.78, 5) is 24.6. The van der Waals surface area contributed by atoms with Crippen LogP contribution < -0.4 is 5.32 Å². The Morgan fingerprint density at radius 3 is 0.963 bits per heavy atom. The van der Waals surface area contributed by atoms with Gasteiger partial charge in [-0.25, -0.2) is 0 Å². The molecule has 0 radical (unpaired) electrons. The van der Waals surface area contributed by atoms with Crippen LogP contribution in [-0.2, 0) is 14.3 Å². The first-order chi connectivity index (χ1) is 40.0. The van der Waals surface area contributed by atoms with Gasteiger partial charge in [-0.1, -0.05) is 339 Å². The first-order valence-electron chi connectivity index (χ1n) is 36.4. The molecule has 0 aliphatic heterocycles. The smallest absolute Gasteiger partial charge is 0.305 e. The highest BCUT2D eigenvalue weighted by Crippen LogP contribution is 2.19. The fourth-order valence-corrected chi connectivity index (χ4v) is 11.3. The maximum atomic E-state index is 12.5. The number of esters is 1. The number of aliphatic hydroxyl groups is 2. The maximum Gasteiger partial charge on any atom is 0.305 e. The van der Waals surface area contributed by atoms with E-state index in [1.165, 1.54) is 302 Å². The minimum Gasteiger partial charge on any atom is -0.466 e. The lowest BCUT2D eigenvalue weighted by Gasteiger charge is -2.22. The van der Waals surface area contributed by atoms with Crippen molar-refractivity contribution in [1.29, 1.82) is 0 Å². The third-order valence-corrected chi connectivity index (χ3v) is 16.9. The van der Waals surface area contributed by atoms with Gasteiger partial charge in [-0.2, -0.15) is 0 Å². The number of nitrogens with one attached hydrogen (secondary N) is 1. The van der Waals surface area contributed by atoms with Crippen LogP contribution in [0.3, 0.4) is 0 Å². The maximum absolute atomic E-state index is 12.5. The molecule has 0 bridgehead atoms. The SMILES string of the molecule is CCCCC/C=C\C/C=C\CCCCCCCC(=O)OCCCCCCCCCCCCC/C=C\C/C=C\CCCCCCCCCCCCCCCCCCCC(=O)NC(CO)C(O)CCCCCCCCCCCCCCCC. The number of carbonyl (C=O) groups excluding carboxylic acids is 2. The van der Waals surface area contributed by atoms with Crippen molar-refractivity contribution in [3.63, 3.8) is 0 Å². The van der Waals surface area contributed by atoms with E-state index in [0.29, 0.717) is 25.9 Å². The lowest BCUT2D eigenvalue weighted by Crippen LogP contribution is -2.45. The molecule has 0 aliphatic carbocycles. The Bertz CT molecular complexity index is 1360. The Hall–Kier alpha value is -2.18. The zero-order valence-electron chi connectivity index (χ0n) is 54.5. The monoisotopic (exact) mass is 1140 g/mol. The van der Waals surface area contributed by atoms with Crippen LogP contribution in [0.2, 0.25) is 0 Å². The highest BCUT2D eigenvalue weighted by Gasteiger charge is 2.20. The van der Waals surface area contributed by atoms with E-state index in [1.807, 2.05) is 0 Å². The molecular weight excluding hydrogens is 995 g/mol. The minimum atomic E-state index is -0.662. The van der Waals surface area contributed by atoms with E-state index in [4.69, 9.17) is 4.74 Å². The summed E-state index contributed by atoms with van der Waals surface area (Å²) in [5.41, 5.74) is 0. The predicted molar refractivity (Wildman–Crippen MR) is 356 cm³/mol. The van der Waals surface area contributed by atoms with Gasteiger partial charge in [0.2, 0.25) is 5.91 Å². The Morgan fingerprint density at radius 1 is 0.346 bits per heavy atom. The molecule has 0 spiro atoms. The molecule has 476 valence electrons. The lowest BCUT2D eigenvalue weighted by atomic mass is 10.0. The topological polar surface area (TPSA) is 95.9 Å². The Morgan fingerprint density at radius 2 is 0.617 bits per heavy atom. The van der Waals surface area contributed by atoms with Gasteiger partial charge < -0.3 is 20.3 Å². The van der Waals surface area contributed by atoms with Crippen LogP contribution in [0.25, 0.3) is 0 Å². The van der Waals surface area contributed by atoms with Crippen LogP contribution in [0.1, 0.15) is 393 Å². The number of hydrogen-bond acceptors (Lipinski definition) is 5. The normalized spacial score (nSPS) is 12.8. The van der Waals surface area contributed by atoms with Gasteiger partial charge in [0.25, 0.3) is 0 Å². The van der Waals surface area contributed by atoms with Crippen molar-refractivity contribution in [3.05, 3.63) is 48.6 Å². The number of ether oxygens (including phenoxy) is 1. The van der Waals surface area contributed by atoms with Crippen LogP contribution in [0.4, 0.5) is 0 Å². The van der Waals surface area contributed by atoms with Crippen molar-refractivity contribution in [3.8, 4) is 0 Å². The van der Waals surface area contributed by atoms with E-state index < -0.39 is 12.1 Å². The molecular formula is C75H141NO5. The van der Waals surface area contributed by atoms with E-state index >= 15 is 0 Å². The van der Waals surface area contributed by atoms with Crippen molar-refractivity contribution >= 4 is 11.9 Å². The highest BCUT2D eigenvalue weighted by atomic mass is 16.5. The van der Waals surface area contributed by atoms with Crippen molar-refractivity contribution in [2.45, 2.75) is 405 Å². The van der Waals surface area contributed by atoms with Crippen molar-refractivity contribution in [1.82, 2.24) is 5.32 Å². The third kappa shape index (κ3) is 66.8. The molecule has 0 aliphatic rings. The molecule has 6 nitrogen and oxygen atoms in total. The van der Waals surface area contributed by atoms with Gasteiger partial charge >= 0.3 is 5.97 Å². The number of unbranched alkanes of at least 4 members (excludes halogenated alkanes) is 49. The Labute approximate surface area is 506 Å². The summed E-state index contributed by atoms with van der Waals surface area (Å²) in [6.07, 6.45) is 91.8. The van der Waals surface area contributed by atoms with E-state index in [0.717, 1.165) is 57.8 Å². The molecule has 0 saturated heterocycles. The van der Waals surface area contributed by atoms with Crippen LogP contribution in [0.5, 0.6) is 0 Å². The summed E-state index contributed by atoms with van der Waals surface area (Å²) in [5, 5.41) is 23.3. The van der Waals surface area contributed by atoms with Gasteiger partial charge in [-0.15, -0.1) is 0 Å². The van der Waals surface area contributed by atoms with E-state index in [-0.39, 0.29) is 18.5 Å². The van der Waals surface area contributed by atoms with Crippen molar-refractivity contribution in [2.24, 2.45) is 0 Å². The van der Waals surface area contributed by atoms with Crippen molar-refractivity contribution < 1.29 is 24.5 Å². The summed E-state index contributed by atoms with van der Waals surface area (Å²) in [5.74, 6) is -0.0278. The number of aliphatic hydroxyl groups excluding tert-OH is 2. The molecule has 6 heteroatoms. The molecule has 0 aromatic rings. The Balaban J connectivity index is 3.37. The highest BCUT2D eigenvalue weighted by molar-refractivity contribution is 5.76. The zero-order valence-corrected chi connectivity index (χ0v) is 54.5. The number of rotatable bonds is 68. The summed E-state index contributed by atoms with van der Waals surface area (Å²) in [6, 6.07) is -0.540.